The van der Waals surface area contributed by atoms with Crippen LogP contribution in [0.2, 0.25) is 0 Å². The van der Waals surface area contributed by atoms with Gasteiger partial charge in [0.2, 0.25) is 9.84 Å². The van der Waals surface area contributed by atoms with Crippen LogP contribution in [0.15, 0.2) is 63.4 Å². The summed E-state index contributed by atoms with van der Waals surface area (Å²) in [4.78, 5) is 2.05. The number of sulfone groups is 1. The van der Waals surface area contributed by atoms with Crippen molar-refractivity contribution in [3.8, 4) is 6.07 Å². The monoisotopic (exact) mass is 346 g/mol. The minimum Gasteiger partial charge on any atom is -0.314 e. The largest absolute Gasteiger partial charge is 0.314 e. The summed E-state index contributed by atoms with van der Waals surface area (Å²) >= 11 is 1.53. The van der Waals surface area contributed by atoms with E-state index in [0.717, 1.165) is 17.0 Å². The molecule has 0 spiro atoms. The minimum atomic E-state index is -3.92. The molecule has 0 amide bonds. The highest BCUT2D eigenvalue weighted by Crippen LogP contribution is 2.40. The molecule has 0 aromatic heterocycles. The third kappa shape index (κ3) is 2.60. The topological polar surface area (TPSA) is 61.2 Å². The lowest BCUT2D eigenvalue weighted by Gasteiger charge is -2.27. The van der Waals surface area contributed by atoms with Gasteiger partial charge in [-0.15, -0.1) is 11.8 Å². The summed E-state index contributed by atoms with van der Waals surface area (Å²) in [7, 11) is -3.92. The molecule has 0 aliphatic carbocycles. The molecule has 3 rings (SSSR count). The predicted octanol–water partition coefficient (Wildman–Crippen LogP) is 3.84. The highest BCUT2D eigenvalue weighted by molar-refractivity contribution is 7.98. The lowest BCUT2D eigenvalue weighted by molar-refractivity contribution is 0.600. The summed E-state index contributed by atoms with van der Waals surface area (Å²) in [5.74, 6) is -0.543. The Morgan fingerprint density at radius 2 is 2.00 bits per heavy atom. The first-order valence-corrected chi connectivity index (χ1v) is 9.28. The number of nitriles is 1. The van der Waals surface area contributed by atoms with E-state index in [1.165, 1.54) is 28.9 Å². The van der Waals surface area contributed by atoms with Crippen LogP contribution in [-0.4, -0.2) is 14.7 Å². The van der Waals surface area contributed by atoms with Crippen LogP contribution >= 0.6 is 11.8 Å². The second-order valence-electron chi connectivity index (χ2n) is 4.79. The van der Waals surface area contributed by atoms with Crippen LogP contribution in [0.4, 0.5) is 15.8 Å². The fraction of sp³-hybridized carbons (Fsp3) is 0.0625. The molecule has 0 saturated heterocycles. The summed E-state index contributed by atoms with van der Waals surface area (Å²) in [6.45, 7) is 0. The number of halogens is 1. The molecule has 116 valence electrons. The summed E-state index contributed by atoms with van der Waals surface area (Å²) in [5, 5.41) is 9.17. The van der Waals surface area contributed by atoms with Gasteiger partial charge >= 0.3 is 0 Å². The second kappa shape index (κ2) is 5.72. The lowest BCUT2D eigenvalue weighted by Crippen LogP contribution is -2.21. The molecule has 4 nitrogen and oxygen atoms in total. The zero-order valence-corrected chi connectivity index (χ0v) is 13.7. The lowest BCUT2D eigenvalue weighted by atomic mass is 10.2. The number of rotatable bonds is 2. The molecule has 0 unspecified atom stereocenters. The van der Waals surface area contributed by atoms with Gasteiger partial charge in [-0.05, 0) is 42.7 Å². The number of allylic oxidation sites excluding steroid dienone is 1. The van der Waals surface area contributed by atoms with Gasteiger partial charge in [0, 0.05) is 16.8 Å². The van der Waals surface area contributed by atoms with Crippen LogP contribution in [0, 0.1) is 17.1 Å². The fourth-order valence-corrected chi connectivity index (χ4v) is 4.08. The summed E-state index contributed by atoms with van der Waals surface area (Å²) in [6.07, 6.45) is 3.15. The second-order valence-corrected chi connectivity index (χ2v) is 7.56. The van der Waals surface area contributed by atoms with Crippen molar-refractivity contribution in [1.29, 1.82) is 5.26 Å². The third-order valence-electron chi connectivity index (χ3n) is 3.45. The maximum atomic E-state index is 13.6. The summed E-state index contributed by atoms with van der Waals surface area (Å²) < 4.78 is 38.5. The number of nitrogens with zero attached hydrogens (tertiary/aromatic N) is 2. The standard InChI is InChI=1S/C16H11FN2O2S2/c1-22-13-4-2-3-12(8-13)19-10-14(9-18)23(20,21)16-6-5-11(17)7-15(16)19/h2-8,10H,1H3. The number of thioether (sulfide) groups is 1. The van der Waals surface area contributed by atoms with Gasteiger partial charge in [0.05, 0.1) is 10.6 Å². The predicted molar refractivity (Wildman–Crippen MR) is 87.6 cm³/mol. The zero-order valence-electron chi connectivity index (χ0n) is 12.0. The van der Waals surface area contributed by atoms with Gasteiger partial charge in [-0.3, -0.25) is 0 Å². The van der Waals surface area contributed by atoms with E-state index < -0.39 is 15.7 Å². The fourth-order valence-electron chi connectivity index (χ4n) is 2.34. The smallest absolute Gasteiger partial charge is 0.220 e. The first-order chi connectivity index (χ1) is 11.0. The molecule has 0 atom stereocenters. The van der Waals surface area contributed by atoms with Crippen LogP contribution in [-0.2, 0) is 9.84 Å². The van der Waals surface area contributed by atoms with Crippen molar-refractivity contribution in [3.63, 3.8) is 0 Å². The normalized spacial score (nSPS) is 15.5. The minimum absolute atomic E-state index is 0.0764. The van der Waals surface area contributed by atoms with Crippen molar-refractivity contribution in [2.45, 2.75) is 9.79 Å². The van der Waals surface area contributed by atoms with Crippen LogP contribution in [0.25, 0.3) is 0 Å². The van der Waals surface area contributed by atoms with Crippen LogP contribution in [0.1, 0.15) is 0 Å². The van der Waals surface area contributed by atoms with Crippen molar-refractivity contribution in [1.82, 2.24) is 0 Å². The Morgan fingerprint density at radius 3 is 2.70 bits per heavy atom. The average molecular weight is 346 g/mol. The van der Waals surface area contributed by atoms with Crippen molar-refractivity contribution in [2.24, 2.45) is 0 Å². The first kappa shape index (κ1) is 15.6. The molecule has 2 aromatic carbocycles. The van der Waals surface area contributed by atoms with E-state index in [9.17, 15) is 12.8 Å². The van der Waals surface area contributed by atoms with Gasteiger partial charge in [0.1, 0.15) is 11.9 Å². The van der Waals surface area contributed by atoms with E-state index in [-0.39, 0.29) is 15.5 Å². The van der Waals surface area contributed by atoms with Crippen molar-refractivity contribution < 1.29 is 12.8 Å². The maximum Gasteiger partial charge on any atom is 0.220 e. The molecule has 1 aliphatic rings. The number of hydrogen-bond acceptors (Lipinski definition) is 5. The quantitative estimate of drug-likeness (QED) is 0.611. The van der Waals surface area contributed by atoms with Crippen LogP contribution in [0.5, 0.6) is 0 Å². The third-order valence-corrected chi connectivity index (χ3v) is 5.87. The van der Waals surface area contributed by atoms with Crippen molar-refractivity contribution in [2.75, 3.05) is 11.2 Å². The molecule has 0 N–H and O–H groups in total. The number of benzene rings is 2. The van der Waals surface area contributed by atoms with Gasteiger partial charge in [0.25, 0.3) is 0 Å². The number of anilines is 2. The van der Waals surface area contributed by atoms with Gasteiger partial charge in [-0.2, -0.15) is 5.26 Å². The van der Waals surface area contributed by atoms with E-state index in [1.807, 2.05) is 24.5 Å². The maximum absolute atomic E-state index is 13.6. The summed E-state index contributed by atoms with van der Waals surface area (Å²) in [6, 6.07) is 12.5. The van der Waals surface area contributed by atoms with E-state index in [0.29, 0.717) is 5.69 Å². The molecule has 0 saturated carbocycles. The Bertz CT molecular complexity index is 962. The zero-order chi connectivity index (χ0) is 16.6. The van der Waals surface area contributed by atoms with Gasteiger partial charge < -0.3 is 4.90 Å². The molecule has 23 heavy (non-hydrogen) atoms. The SMILES string of the molecule is CSc1cccc(N2C=C(C#N)S(=O)(=O)c3ccc(F)cc32)c1. The highest BCUT2D eigenvalue weighted by Gasteiger charge is 2.32. The van der Waals surface area contributed by atoms with Gasteiger partial charge in [0.15, 0.2) is 4.91 Å². The molecule has 7 heteroatoms. The molecule has 0 radical (unpaired) electrons. The van der Waals surface area contributed by atoms with Gasteiger partial charge in [-0.1, -0.05) is 6.07 Å². The van der Waals surface area contributed by atoms with Crippen LogP contribution in [0.3, 0.4) is 0 Å². The Balaban J connectivity index is 2.28. The Hall–Kier alpha value is -2.30. The summed E-state index contributed by atoms with van der Waals surface area (Å²) in [5.41, 5.74) is 0.855. The van der Waals surface area contributed by atoms with Gasteiger partial charge in [-0.25, -0.2) is 12.8 Å². The number of fused-ring (bicyclic) bond motifs is 1. The van der Waals surface area contributed by atoms with Crippen molar-refractivity contribution in [3.05, 3.63) is 59.4 Å². The molecular formula is C16H11FN2O2S2. The number of hydrogen-bond donors (Lipinski definition) is 0. The molecule has 0 bridgehead atoms. The molecular weight excluding hydrogens is 335 g/mol. The van der Waals surface area contributed by atoms with Crippen LogP contribution < -0.4 is 4.90 Å². The molecule has 2 aromatic rings. The average Bonchev–Trinajstić information content (AvgIpc) is 2.54. The highest BCUT2D eigenvalue weighted by atomic mass is 32.2. The van der Waals surface area contributed by atoms with E-state index in [1.54, 1.807) is 12.1 Å². The Labute approximate surface area is 137 Å². The Kier molecular flexibility index (Phi) is 3.88. The first-order valence-electron chi connectivity index (χ1n) is 6.57. The molecule has 1 heterocycles. The van der Waals surface area contributed by atoms with E-state index in [4.69, 9.17) is 5.26 Å². The van der Waals surface area contributed by atoms with E-state index in [2.05, 4.69) is 0 Å². The van der Waals surface area contributed by atoms with Crippen molar-refractivity contribution >= 4 is 33.0 Å². The Morgan fingerprint density at radius 1 is 1.22 bits per heavy atom. The van der Waals surface area contributed by atoms with E-state index >= 15 is 0 Å². The molecule has 1 aliphatic heterocycles. The molecule has 0 fully saturated rings.